The van der Waals surface area contributed by atoms with Crippen LogP contribution in [0.5, 0.6) is 0 Å². The van der Waals surface area contributed by atoms with Gasteiger partial charge in [-0.3, -0.25) is 9.78 Å². The molecule has 1 aliphatic heterocycles. The van der Waals surface area contributed by atoms with Gasteiger partial charge in [0.2, 0.25) is 15.9 Å². The molecule has 0 atom stereocenters. The molecule has 1 aromatic carbocycles. The van der Waals surface area contributed by atoms with Gasteiger partial charge in [-0.2, -0.15) is 4.31 Å². The number of benzene rings is 1. The number of nitrogens with one attached hydrogen (secondary N) is 1. The Balaban J connectivity index is 1.91. The second kappa shape index (κ2) is 7.65. The van der Waals surface area contributed by atoms with Gasteiger partial charge >= 0.3 is 0 Å². The molecule has 0 radical (unpaired) electrons. The standard InChI is InChI=1S/C17H21FN4O3S/c1-19-12-16(23)21-6-3-7-22(9-8-21)26(24,25)15-5-2-4-13-10-20-11-14(18)17(13)15/h2,4-5,10-11,19H,3,6-9,12H2,1H3. The van der Waals surface area contributed by atoms with E-state index in [0.717, 1.165) is 6.20 Å². The van der Waals surface area contributed by atoms with Crippen molar-refractivity contribution in [3.63, 3.8) is 0 Å². The maximum absolute atomic E-state index is 14.3. The average Bonchev–Trinajstić information content (AvgIpc) is 2.88. The highest BCUT2D eigenvalue weighted by molar-refractivity contribution is 7.89. The third-order valence-corrected chi connectivity index (χ3v) is 6.39. The first kappa shape index (κ1) is 18.7. The first-order chi connectivity index (χ1) is 12.4. The largest absolute Gasteiger partial charge is 0.340 e. The summed E-state index contributed by atoms with van der Waals surface area (Å²) in [5.41, 5.74) is 0. The van der Waals surface area contributed by atoms with Crippen LogP contribution in [0.15, 0.2) is 35.5 Å². The number of amides is 1. The summed E-state index contributed by atoms with van der Waals surface area (Å²) in [6.45, 7) is 1.50. The molecule has 26 heavy (non-hydrogen) atoms. The van der Waals surface area contributed by atoms with Gasteiger partial charge in [0.25, 0.3) is 0 Å². The molecule has 1 aliphatic rings. The van der Waals surface area contributed by atoms with E-state index in [4.69, 9.17) is 0 Å². The summed E-state index contributed by atoms with van der Waals surface area (Å²) in [7, 11) is -2.19. The Hall–Kier alpha value is -2.10. The van der Waals surface area contributed by atoms with Crippen molar-refractivity contribution in [2.24, 2.45) is 0 Å². The minimum absolute atomic E-state index is 0.0508. The molecule has 0 aliphatic carbocycles. The fourth-order valence-electron chi connectivity index (χ4n) is 3.16. The van der Waals surface area contributed by atoms with Crippen molar-refractivity contribution in [1.29, 1.82) is 0 Å². The zero-order chi connectivity index (χ0) is 18.7. The molecule has 1 amide bonds. The van der Waals surface area contributed by atoms with E-state index in [1.807, 2.05) is 0 Å². The molecular weight excluding hydrogens is 359 g/mol. The van der Waals surface area contributed by atoms with Crippen LogP contribution in [0.1, 0.15) is 6.42 Å². The molecule has 7 nitrogen and oxygen atoms in total. The number of aromatic nitrogens is 1. The molecule has 0 unspecified atom stereocenters. The number of carbonyl (C=O) groups is 1. The molecule has 2 heterocycles. The van der Waals surface area contributed by atoms with Crippen LogP contribution in [0.3, 0.4) is 0 Å². The Bertz CT molecular complexity index is 914. The van der Waals surface area contributed by atoms with Crippen LogP contribution in [0.25, 0.3) is 10.8 Å². The minimum atomic E-state index is -3.88. The zero-order valence-electron chi connectivity index (χ0n) is 14.5. The first-order valence-corrected chi connectivity index (χ1v) is 9.84. The Morgan fingerprint density at radius 2 is 2.04 bits per heavy atom. The fourth-order valence-corrected chi connectivity index (χ4v) is 4.85. The Morgan fingerprint density at radius 3 is 2.81 bits per heavy atom. The third-order valence-electron chi connectivity index (χ3n) is 4.45. The molecule has 1 saturated heterocycles. The summed E-state index contributed by atoms with van der Waals surface area (Å²) in [6, 6.07) is 4.62. The predicted molar refractivity (Wildman–Crippen MR) is 95.6 cm³/mol. The lowest BCUT2D eigenvalue weighted by Crippen LogP contribution is -2.40. The van der Waals surface area contributed by atoms with Gasteiger partial charge in [0, 0.05) is 43.1 Å². The van der Waals surface area contributed by atoms with E-state index in [9.17, 15) is 17.6 Å². The monoisotopic (exact) mass is 380 g/mol. The number of likely N-dealkylation sites (N-methyl/N-ethyl adjacent to an activating group) is 1. The molecule has 140 valence electrons. The molecule has 3 rings (SSSR count). The Kier molecular flexibility index (Phi) is 5.49. The summed E-state index contributed by atoms with van der Waals surface area (Å²) < 4.78 is 41.9. The van der Waals surface area contributed by atoms with E-state index >= 15 is 0 Å². The molecular formula is C17H21FN4O3S. The highest BCUT2D eigenvalue weighted by Gasteiger charge is 2.30. The second-order valence-corrected chi connectivity index (χ2v) is 8.05. The maximum Gasteiger partial charge on any atom is 0.243 e. The van der Waals surface area contributed by atoms with Crippen LogP contribution >= 0.6 is 0 Å². The van der Waals surface area contributed by atoms with Gasteiger partial charge in [-0.15, -0.1) is 0 Å². The molecule has 1 fully saturated rings. The van der Waals surface area contributed by atoms with Gasteiger partial charge in [-0.1, -0.05) is 12.1 Å². The fraction of sp³-hybridized carbons (Fsp3) is 0.412. The van der Waals surface area contributed by atoms with Crippen molar-refractivity contribution >= 4 is 26.7 Å². The van der Waals surface area contributed by atoms with Crippen LogP contribution in [-0.4, -0.2) is 68.3 Å². The lowest BCUT2D eigenvalue weighted by Gasteiger charge is -2.22. The van der Waals surface area contributed by atoms with Crippen LogP contribution < -0.4 is 5.32 Å². The second-order valence-electron chi connectivity index (χ2n) is 6.14. The summed E-state index contributed by atoms with van der Waals surface area (Å²) in [5, 5.41) is 3.30. The SMILES string of the molecule is CNCC(=O)N1CCCN(S(=O)(=O)c2cccc3cncc(F)c23)CC1. The zero-order valence-corrected chi connectivity index (χ0v) is 15.3. The van der Waals surface area contributed by atoms with Gasteiger partial charge < -0.3 is 10.2 Å². The first-order valence-electron chi connectivity index (χ1n) is 8.40. The van der Waals surface area contributed by atoms with E-state index in [2.05, 4.69) is 10.3 Å². The summed E-state index contributed by atoms with van der Waals surface area (Å²) in [6.07, 6.45) is 2.99. The van der Waals surface area contributed by atoms with Crippen LogP contribution in [0, 0.1) is 5.82 Å². The smallest absolute Gasteiger partial charge is 0.243 e. The molecule has 0 saturated carbocycles. The lowest BCUT2D eigenvalue weighted by molar-refractivity contribution is -0.129. The van der Waals surface area contributed by atoms with Crippen molar-refractivity contribution in [3.8, 4) is 0 Å². The van der Waals surface area contributed by atoms with E-state index in [0.29, 0.717) is 24.9 Å². The van der Waals surface area contributed by atoms with E-state index in [1.165, 1.54) is 16.6 Å². The Labute approximate surface area is 151 Å². The van der Waals surface area contributed by atoms with Crippen molar-refractivity contribution in [2.45, 2.75) is 11.3 Å². The minimum Gasteiger partial charge on any atom is -0.340 e. The quantitative estimate of drug-likeness (QED) is 0.849. The molecule has 0 spiro atoms. The van der Waals surface area contributed by atoms with E-state index in [1.54, 1.807) is 24.1 Å². The molecule has 1 N–H and O–H groups in total. The van der Waals surface area contributed by atoms with Gasteiger partial charge in [0.15, 0.2) is 5.82 Å². The third kappa shape index (κ3) is 3.55. The average molecular weight is 380 g/mol. The lowest BCUT2D eigenvalue weighted by atomic mass is 10.2. The van der Waals surface area contributed by atoms with Gasteiger partial charge in [-0.05, 0) is 19.5 Å². The van der Waals surface area contributed by atoms with Gasteiger partial charge in [0.05, 0.1) is 17.6 Å². The highest BCUT2D eigenvalue weighted by Crippen LogP contribution is 2.28. The van der Waals surface area contributed by atoms with Crippen LogP contribution in [0.4, 0.5) is 4.39 Å². The van der Waals surface area contributed by atoms with Crippen molar-refractivity contribution in [2.75, 3.05) is 39.8 Å². The summed E-state index contributed by atoms with van der Waals surface area (Å²) >= 11 is 0. The summed E-state index contributed by atoms with van der Waals surface area (Å²) in [4.78, 5) is 17.4. The predicted octanol–water partition coefficient (Wildman–Crippen LogP) is 0.816. The normalized spacial score (nSPS) is 16.6. The van der Waals surface area contributed by atoms with Gasteiger partial charge in [-0.25, -0.2) is 12.8 Å². The number of fused-ring (bicyclic) bond motifs is 1. The maximum atomic E-state index is 14.3. The molecule has 9 heteroatoms. The van der Waals surface area contributed by atoms with Crippen LogP contribution in [-0.2, 0) is 14.8 Å². The number of sulfonamides is 1. The number of carbonyl (C=O) groups excluding carboxylic acids is 1. The Morgan fingerprint density at radius 1 is 1.23 bits per heavy atom. The topological polar surface area (TPSA) is 82.6 Å². The van der Waals surface area contributed by atoms with Crippen molar-refractivity contribution < 1.29 is 17.6 Å². The number of rotatable bonds is 4. The van der Waals surface area contributed by atoms with Crippen LogP contribution in [0.2, 0.25) is 0 Å². The number of hydrogen-bond acceptors (Lipinski definition) is 5. The number of nitrogens with zero attached hydrogens (tertiary/aromatic N) is 3. The van der Waals surface area contributed by atoms with Crippen molar-refractivity contribution in [3.05, 3.63) is 36.4 Å². The molecule has 1 aromatic heterocycles. The van der Waals surface area contributed by atoms with E-state index < -0.39 is 15.8 Å². The van der Waals surface area contributed by atoms with Crippen molar-refractivity contribution in [1.82, 2.24) is 19.5 Å². The number of hydrogen-bond donors (Lipinski definition) is 1. The van der Waals surface area contributed by atoms with Gasteiger partial charge in [0.1, 0.15) is 0 Å². The summed E-state index contributed by atoms with van der Waals surface area (Å²) in [5.74, 6) is -0.726. The molecule has 0 bridgehead atoms. The molecule has 2 aromatic rings. The number of pyridine rings is 1. The number of halogens is 1. The highest BCUT2D eigenvalue weighted by atomic mass is 32.2. The van der Waals surface area contributed by atoms with E-state index in [-0.39, 0.29) is 35.8 Å².